The van der Waals surface area contributed by atoms with Crippen molar-refractivity contribution in [3.63, 3.8) is 0 Å². The van der Waals surface area contributed by atoms with Crippen LogP contribution < -0.4 is 10.1 Å². The molecule has 0 aliphatic rings. The molecular weight excluding hydrogens is 298 g/mol. The van der Waals surface area contributed by atoms with E-state index in [2.05, 4.69) is 5.32 Å². The molecule has 0 saturated carbocycles. The summed E-state index contributed by atoms with van der Waals surface area (Å²) in [5.74, 6) is 0.577. The van der Waals surface area contributed by atoms with Crippen molar-refractivity contribution in [3.8, 4) is 5.75 Å². The minimum absolute atomic E-state index is 0.162. The zero-order valence-electron chi connectivity index (χ0n) is 13.0. The summed E-state index contributed by atoms with van der Waals surface area (Å²) < 4.78 is 5.87. The smallest absolute Gasteiger partial charge is 0.265 e. The predicted octanol–water partition coefficient (Wildman–Crippen LogP) is 4.75. The summed E-state index contributed by atoms with van der Waals surface area (Å²) in [4.78, 5) is 12.3. The molecule has 0 spiro atoms. The van der Waals surface area contributed by atoms with Crippen LogP contribution in [0, 0.1) is 13.8 Å². The van der Waals surface area contributed by atoms with E-state index in [0.29, 0.717) is 17.1 Å². The Balaban J connectivity index is 2.07. The van der Waals surface area contributed by atoms with Gasteiger partial charge in [0.15, 0.2) is 6.10 Å². The van der Waals surface area contributed by atoms with E-state index in [4.69, 9.17) is 16.3 Å². The Morgan fingerprint density at radius 1 is 1.18 bits per heavy atom. The number of anilines is 1. The van der Waals surface area contributed by atoms with Gasteiger partial charge in [-0.2, -0.15) is 0 Å². The molecule has 0 aliphatic heterocycles. The van der Waals surface area contributed by atoms with Crippen LogP contribution in [0.3, 0.4) is 0 Å². The van der Waals surface area contributed by atoms with Gasteiger partial charge in [-0.1, -0.05) is 36.2 Å². The summed E-state index contributed by atoms with van der Waals surface area (Å²) in [5, 5.41) is 3.48. The Labute approximate surface area is 136 Å². The van der Waals surface area contributed by atoms with Crippen LogP contribution in [0.25, 0.3) is 0 Å². The van der Waals surface area contributed by atoms with Gasteiger partial charge >= 0.3 is 0 Å². The Bertz CT molecular complexity index is 653. The van der Waals surface area contributed by atoms with Gasteiger partial charge in [0.1, 0.15) is 5.75 Å². The molecule has 0 saturated heterocycles. The van der Waals surface area contributed by atoms with Crippen LogP contribution in [0.5, 0.6) is 5.75 Å². The number of hydrogen-bond acceptors (Lipinski definition) is 2. The van der Waals surface area contributed by atoms with E-state index in [1.54, 1.807) is 24.3 Å². The molecule has 1 amide bonds. The number of carbonyl (C=O) groups excluding carboxylic acids is 1. The van der Waals surface area contributed by atoms with E-state index >= 15 is 0 Å². The van der Waals surface area contributed by atoms with Crippen LogP contribution >= 0.6 is 11.6 Å². The van der Waals surface area contributed by atoms with Crippen LogP contribution in [0.4, 0.5) is 5.69 Å². The van der Waals surface area contributed by atoms with Crippen LogP contribution in [0.1, 0.15) is 24.5 Å². The first kappa shape index (κ1) is 16.4. The Morgan fingerprint density at radius 3 is 2.45 bits per heavy atom. The van der Waals surface area contributed by atoms with Gasteiger partial charge in [-0.25, -0.2) is 0 Å². The first-order chi connectivity index (χ1) is 10.5. The average Bonchev–Trinajstić information content (AvgIpc) is 2.49. The molecule has 0 unspecified atom stereocenters. The second kappa shape index (κ2) is 7.32. The number of nitrogens with one attached hydrogen (secondary N) is 1. The first-order valence-electron chi connectivity index (χ1n) is 7.30. The van der Waals surface area contributed by atoms with E-state index in [-0.39, 0.29) is 5.91 Å². The molecule has 0 fully saturated rings. The van der Waals surface area contributed by atoms with Gasteiger partial charge in [-0.3, -0.25) is 4.79 Å². The molecule has 0 aromatic heterocycles. The average molecular weight is 318 g/mol. The quantitative estimate of drug-likeness (QED) is 0.864. The van der Waals surface area contributed by atoms with Crippen LogP contribution in [0.2, 0.25) is 5.02 Å². The molecule has 0 aliphatic carbocycles. The van der Waals surface area contributed by atoms with Crippen molar-refractivity contribution in [2.24, 2.45) is 0 Å². The zero-order chi connectivity index (χ0) is 16.1. The third-order valence-electron chi connectivity index (χ3n) is 3.37. The lowest BCUT2D eigenvalue weighted by Crippen LogP contribution is -2.32. The molecule has 0 heterocycles. The number of aryl methyl sites for hydroxylation is 2. The molecule has 3 nitrogen and oxygen atoms in total. The van der Waals surface area contributed by atoms with E-state index in [0.717, 1.165) is 11.3 Å². The first-order valence-corrected chi connectivity index (χ1v) is 7.67. The number of hydrogen-bond donors (Lipinski definition) is 1. The van der Waals surface area contributed by atoms with Crippen molar-refractivity contribution >= 4 is 23.2 Å². The van der Waals surface area contributed by atoms with Crippen molar-refractivity contribution in [2.45, 2.75) is 33.3 Å². The topological polar surface area (TPSA) is 38.3 Å². The Kier molecular flexibility index (Phi) is 5.45. The number of carbonyl (C=O) groups is 1. The van der Waals surface area contributed by atoms with Gasteiger partial charge in [-0.15, -0.1) is 0 Å². The van der Waals surface area contributed by atoms with Gasteiger partial charge in [0.2, 0.25) is 0 Å². The minimum Gasteiger partial charge on any atom is -0.480 e. The number of rotatable bonds is 5. The summed E-state index contributed by atoms with van der Waals surface area (Å²) in [7, 11) is 0. The van der Waals surface area contributed by atoms with E-state index in [1.165, 1.54) is 5.56 Å². The highest BCUT2D eigenvalue weighted by molar-refractivity contribution is 6.30. The molecular formula is C18H20ClNO2. The molecule has 0 bridgehead atoms. The number of amides is 1. The van der Waals surface area contributed by atoms with Crippen molar-refractivity contribution in [1.29, 1.82) is 0 Å². The van der Waals surface area contributed by atoms with Gasteiger partial charge in [0.25, 0.3) is 5.91 Å². The van der Waals surface area contributed by atoms with Crippen molar-refractivity contribution in [3.05, 3.63) is 58.6 Å². The van der Waals surface area contributed by atoms with Crippen molar-refractivity contribution in [1.82, 2.24) is 0 Å². The highest BCUT2D eigenvalue weighted by Gasteiger charge is 2.19. The maximum Gasteiger partial charge on any atom is 0.265 e. The van der Waals surface area contributed by atoms with E-state index in [1.807, 2.05) is 39.0 Å². The summed E-state index contributed by atoms with van der Waals surface area (Å²) >= 11 is 5.84. The highest BCUT2D eigenvalue weighted by Crippen LogP contribution is 2.21. The van der Waals surface area contributed by atoms with Gasteiger partial charge in [-0.05, 0) is 56.2 Å². The fourth-order valence-electron chi connectivity index (χ4n) is 2.16. The van der Waals surface area contributed by atoms with E-state index < -0.39 is 6.10 Å². The second-order valence-corrected chi connectivity index (χ2v) is 5.72. The van der Waals surface area contributed by atoms with Gasteiger partial charge in [0.05, 0.1) is 0 Å². The third-order valence-corrected chi connectivity index (χ3v) is 3.63. The number of ether oxygens (including phenoxy) is 1. The number of benzene rings is 2. The molecule has 116 valence electrons. The van der Waals surface area contributed by atoms with Crippen LogP contribution in [-0.4, -0.2) is 12.0 Å². The fourth-order valence-corrected chi connectivity index (χ4v) is 2.29. The Hall–Kier alpha value is -2.00. The normalized spacial score (nSPS) is 11.8. The maximum atomic E-state index is 12.3. The number of halogens is 1. The minimum atomic E-state index is -0.530. The summed E-state index contributed by atoms with van der Waals surface area (Å²) in [6.07, 6.45) is 0.0595. The fraction of sp³-hybridized carbons (Fsp3) is 0.278. The highest BCUT2D eigenvalue weighted by atomic mass is 35.5. The molecule has 0 radical (unpaired) electrons. The molecule has 2 aromatic carbocycles. The SMILES string of the molecule is CC[C@@H](Oc1ccc(C)cc1C)C(=O)Nc1ccc(Cl)cc1. The van der Waals surface area contributed by atoms with E-state index in [9.17, 15) is 4.79 Å². The summed E-state index contributed by atoms with van der Waals surface area (Å²) in [5.41, 5.74) is 2.90. The molecule has 2 rings (SSSR count). The van der Waals surface area contributed by atoms with Crippen LogP contribution in [-0.2, 0) is 4.79 Å². The molecule has 1 N–H and O–H groups in total. The summed E-state index contributed by atoms with van der Waals surface area (Å²) in [6, 6.07) is 12.9. The standard InChI is InChI=1S/C18H20ClNO2/c1-4-16(22-17-10-5-12(2)11-13(17)3)18(21)20-15-8-6-14(19)7-9-15/h5-11,16H,4H2,1-3H3,(H,20,21)/t16-/m1/s1. The van der Waals surface area contributed by atoms with Crippen molar-refractivity contribution < 1.29 is 9.53 Å². The van der Waals surface area contributed by atoms with Crippen molar-refractivity contribution in [2.75, 3.05) is 5.32 Å². The molecule has 2 aromatic rings. The van der Waals surface area contributed by atoms with Gasteiger partial charge < -0.3 is 10.1 Å². The summed E-state index contributed by atoms with van der Waals surface area (Å²) in [6.45, 7) is 5.93. The Morgan fingerprint density at radius 2 is 1.86 bits per heavy atom. The zero-order valence-corrected chi connectivity index (χ0v) is 13.8. The molecule has 1 atom stereocenters. The third kappa shape index (κ3) is 4.25. The molecule has 22 heavy (non-hydrogen) atoms. The largest absolute Gasteiger partial charge is 0.480 e. The lowest BCUT2D eigenvalue weighted by molar-refractivity contribution is -0.122. The lowest BCUT2D eigenvalue weighted by Gasteiger charge is -2.19. The molecule has 4 heteroatoms. The lowest BCUT2D eigenvalue weighted by atomic mass is 10.1. The van der Waals surface area contributed by atoms with Crippen LogP contribution in [0.15, 0.2) is 42.5 Å². The maximum absolute atomic E-state index is 12.3. The monoisotopic (exact) mass is 317 g/mol. The predicted molar refractivity (Wildman–Crippen MR) is 90.7 cm³/mol. The van der Waals surface area contributed by atoms with Gasteiger partial charge in [0, 0.05) is 10.7 Å². The second-order valence-electron chi connectivity index (χ2n) is 5.28.